The van der Waals surface area contributed by atoms with E-state index in [1.54, 1.807) is 11.8 Å². The van der Waals surface area contributed by atoms with Crippen molar-refractivity contribution in [1.82, 2.24) is 25.6 Å². The summed E-state index contributed by atoms with van der Waals surface area (Å²) in [6.07, 6.45) is 4.95. The van der Waals surface area contributed by atoms with Crippen LogP contribution in [0.4, 0.5) is 4.79 Å². The van der Waals surface area contributed by atoms with Crippen LogP contribution in [0.2, 0.25) is 0 Å². The number of urea groups is 1. The molecule has 24 heavy (non-hydrogen) atoms. The topological polar surface area (TPSA) is 81.1 Å². The van der Waals surface area contributed by atoms with Crippen LogP contribution in [0, 0.1) is 0 Å². The van der Waals surface area contributed by atoms with Gasteiger partial charge in [-0.1, -0.05) is 23.4 Å². The third-order valence-electron chi connectivity index (χ3n) is 4.59. The molecule has 1 aliphatic carbocycles. The second-order valence-corrected chi connectivity index (χ2v) is 6.21. The van der Waals surface area contributed by atoms with E-state index in [0.29, 0.717) is 12.2 Å². The molecule has 1 aliphatic rings. The molecule has 1 aromatic carbocycles. The molecule has 0 unspecified atom stereocenters. The summed E-state index contributed by atoms with van der Waals surface area (Å²) >= 11 is 0. The highest BCUT2D eigenvalue weighted by Gasteiger charge is 2.37. The average Bonchev–Trinajstić information content (AvgIpc) is 3.05. The summed E-state index contributed by atoms with van der Waals surface area (Å²) in [4.78, 5) is 12.1. The van der Waals surface area contributed by atoms with E-state index in [2.05, 4.69) is 20.9 Å². The van der Waals surface area contributed by atoms with Gasteiger partial charge in [0.15, 0.2) is 0 Å². The van der Waals surface area contributed by atoms with Crippen LogP contribution in [-0.2, 0) is 4.74 Å². The summed E-state index contributed by atoms with van der Waals surface area (Å²) in [6.45, 7) is 2.41. The molecular formula is C17H23N5O2. The number of aromatic nitrogens is 3. The molecule has 1 heterocycles. The van der Waals surface area contributed by atoms with Crippen molar-refractivity contribution in [3.8, 4) is 5.69 Å². The average molecular weight is 329 g/mol. The van der Waals surface area contributed by atoms with Gasteiger partial charge in [0.2, 0.25) is 0 Å². The van der Waals surface area contributed by atoms with Gasteiger partial charge >= 0.3 is 6.03 Å². The fraction of sp³-hybridized carbons (Fsp3) is 0.471. The van der Waals surface area contributed by atoms with Gasteiger partial charge in [-0.25, -0.2) is 9.48 Å². The van der Waals surface area contributed by atoms with E-state index in [9.17, 15) is 4.79 Å². The Morgan fingerprint density at radius 3 is 2.75 bits per heavy atom. The first kappa shape index (κ1) is 16.4. The molecule has 1 saturated carbocycles. The van der Waals surface area contributed by atoms with Crippen molar-refractivity contribution in [3.05, 3.63) is 42.2 Å². The monoisotopic (exact) mass is 329 g/mol. The highest BCUT2D eigenvalue weighted by Crippen LogP contribution is 2.34. The summed E-state index contributed by atoms with van der Waals surface area (Å²) in [5.41, 5.74) is 1.45. The van der Waals surface area contributed by atoms with Crippen LogP contribution in [-0.4, -0.2) is 40.3 Å². The quantitative estimate of drug-likeness (QED) is 0.851. The number of carbonyl (C=O) groups is 1. The Morgan fingerprint density at radius 1 is 1.38 bits per heavy atom. The molecule has 1 fully saturated rings. The molecule has 0 radical (unpaired) electrons. The molecule has 2 N–H and O–H groups in total. The Labute approximate surface area is 141 Å². The van der Waals surface area contributed by atoms with Gasteiger partial charge in [0, 0.05) is 13.7 Å². The number of rotatable bonds is 6. The van der Waals surface area contributed by atoms with E-state index in [1.807, 2.05) is 43.5 Å². The second kappa shape index (κ2) is 7.00. The van der Waals surface area contributed by atoms with Gasteiger partial charge in [-0.3, -0.25) is 0 Å². The predicted molar refractivity (Wildman–Crippen MR) is 89.9 cm³/mol. The van der Waals surface area contributed by atoms with Crippen LogP contribution in [0.5, 0.6) is 0 Å². The SMILES string of the molecule is COC1(CNC(=O)N[C@@H](C)c2cn(-c3ccccc3)nn2)CCC1. The molecule has 0 bridgehead atoms. The van der Waals surface area contributed by atoms with Gasteiger partial charge in [0.25, 0.3) is 0 Å². The maximum absolute atomic E-state index is 12.1. The summed E-state index contributed by atoms with van der Waals surface area (Å²) in [5, 5.41) is 14.0. The van der Waals surface area contributed by atoms with Gasteiger partial charge in [-0.05, 0) is 38.3 Å². The number of ether oxygens (including phenoxy) is 1. The molecule has 2 aromatic rings. The summed E-state index contributed by atoms with van der Waals surface area (Å²) in [6, 6.07) is 9.28. The molecule has 3 rings (SSSR count). The van der Waals surface area contributed by atoms with Crippen LogP contribution < -0.4 is 10.6 Å². The Bertz CT molecular complexity index is 676. The van der Waals surface area contributed by atoms with Crippen LogP contribution >= 0.6 is 0 Å². The van der Waals surface area contributed by atoms with E-state index >= 15 is 0 Å². The number of hydrogen-bond acceptors (Lipinski definition) is 4. The minimum absolute atomic E-state index is 0.184. The third-order valence-corrected chi connectivity index (χ3v) is 4.59. The number of benzene rings is 1. The van der Waals surface area contributed by atoms with Crippen molar-refractivity contribution in [2.24, 2.45) is 0 Å². The van der Waals surface area contributed by atoms with Crippen LogP contribution in [0.25, 0.3) is 5.69 Å². The molecular weight excluding hydrogens is 306 g/mol. The molecule has 7 nitrogen and oxygen atoms in total. The normalized spacial score (nSPS) is 16.9. The van der Waals surface area contributed by atoms with E-state index in [-0.39, 0.29) is 17.7 Å². The minimum Gasteiger partial charge on any atom is -0.376 e. The van der Waals surface area contributed by atoms with Crippen LogP contribution in [0.1, 0.15) is 37.9 Å². The van der Waals surface area contributed by atoms with E-state index in [1.165, 1.54) is 0 Å². The number of carbonyl (C=O) groups excluding carboxylic acids is 1. The number of para-hydroxylation sites is 1. The van der Waals surface area contributed by atoms with Crippen LogP contribution in [0.3, 0.4) is 0 Å². The standard InChI is InChI=1S/C17H23N5O2/c1-13(19-16(23)18-12-17(24-2)9-6-10-17)15-11-22(21-20-15)14-7-4-3-5-8-14/h3-5,7-8,11,13H,6,9-10,12H2,1-2H3,(H2,18,19,23)/t13-/m0/s1. The zero-order valence-electron chi connectivity index (χ0n) is 14.0. The number of hydrogen-bond donors (Lipinski definition) is 2. The van der Waals surface area contributed by atoms with Gasteiger partial charge in [0.1, 0.15) is 5.69 Å². The lowest BCUT2D eigenvalue weighted by Gasteiger charge is -2.40. The molecule has 2 amide bonds. The smallest absolute Gasteiger partial charge is 0.315 e. The summed E-state index contributed by atoms with van der Waals surface area (Å²) < 4.78 is 7.19. The molecule has 7 heteroatoms. The fourth-order valence-corrected chi connectivity index (χ4v) is 2.77. The molecule has 0 aliphatic heterocycles. The maximum atomic E-state index is 12.1. The van der Waals surface area contributed by atoms with Gasteiger partial charge in [-0.15, -0.1) is 5.10 Å². The molecule has 1 atom stereocenters. The lowest BCUT2D eigenvalue weighted by Crippen LogP contribution is -2.51. The first-order valence-electron chi connectivity index (χ1n) is 8.19. The molecule has 0 saturated heterocycles. The molecule has 0 spiro atoms. The van der Waals surface area contributed by atoms with Gasteiger partial charge in [-0.2, -0.15) is 0 Å². The second-order valence-electron chi connectivity index (χ2n) is 6.21. The van der Waals surface area contributed by atoms with Crippen molar-refractivity contribution in [1.29, 1.82) is 0 Å². The van der Waals surface area contributed by atoms with Gasteiger partial charge in [0.05, 0.1) is 23.5 Å². The van der Waals surface area contributed by atoms with E-state index in [4.69, 9.17) is 4.74 Å². The third kappa shape index (κ3) is 3.56. The van der Waals surface area contributed by atoms with Crippen molar-refractivity contribution >= 4 is 6.03 Å². The van der Waals surface area contributed by atoms with Crippen LogP contribution in [0.15, 0.2) is 36.5 Å². The summed E-state index contributed by atoms with van der Waals surface area (Å²) in [5.74, 6) is 0. The number of amides is 2. The van der Waals surface area contributed by atoms with Crippen molar-refractivity contribution < 1.29 is 9.53 Å². The Kier molecular flexibility index (Phi) is 4.80. The Balaban J connectivity index is 1.54. The largest absolute Gasteiger partial charge is 0.376 e. The zero-order valence-corrected chi connectivity index (χ0v) is 14.0. The van der Waals surface area contributed by atoms with Crippen molar-refractivity contribution in [2.75, 3.05) is 13.7 Å². The lowest BCUT2D eigenvalue weighted by molar-refractivity contribution is -0.0674. The fourth-order valence-electron chi connectivity index (χ4n) is 2.77. The molecule has 1 aromatic heterocycles. The highest BCUT2D eigenvalue weighted by molar-refractivity contribution is 5.74. The van der Waals surface area contributed by atoms with Crippen molar-refractivity contribution in [2.45, 2.75) is 37.8 Å². The van der Waals surface area contributed by atoms with Crippen molar-refractivity contribution in [3.63, 3.8) is 0 Å². The minimum atomic E-state index is -0.234. The Morgan fingerprint density at radius 2 is 2.12 bits per heavy atom. The maximum Gasteiger partial charge on any atom is 0.315 e. The number of nitrogens with one attached hydrogen (secondary N) is 2. The first-order valence-corrected chi connectivity index (χ1v) is 8.19. The van der Waals surface area contributed by atoms with E-state index in [0.717, 1.165) is 24.9 Å². The number of nitrogens with zero attached hydrogens (tertiary/aromatic N) is 3. The highest BCUT2D eigenvalue weighted by atomic mass is 16.5. The van der Waals surface area contributed by atoms with Gasteiger partial charge < -0.3 is 15.4 Å². The Hall–Kier alpha value is -2.41. The zero-order chi connectivity index (χ0) is 17.0. The predicted octanol–water partition coefficient (Wildman–Crippen LogP) is 2.20. The molecule has 128 valence electrons. The van der Waals surface area contributed by atoms with E-state index < -0.39 is 0 Å². The number of methoxy groups -OCH3 is 1. The lowest BCUT2D eigenvalue weighted by atomic mass is 9.80. The first-order chi connectivity index (χ1) is 11.6. The summed E-state index contributed by atoms with van der Waals surface area (Å²) in [7, 11) is 1.70.